The molecular weight excluding hydrogens is 308 g/mol. The Morgan fingerprint density at radius 1 is 1.33 bits per heavy atom. The first kappa shape index (κ1) is 13.7. The van der Waals surface area contributed by atoms with Gasteiger partial charge in [0.15, 0.2) is 0 Å². The van der Waals surface area contributed by atoms with E-state index >= 15 is 0 Å². The number of halogens is 1. The van der Waals surface area contributed by atoms with E-state index in [0.717, 1.165) is 20.7 Å². The number of hydrogen-bond donors (Lipinski definition) is 1. The molecule has 2 nitrogen and oxygen atoms in total. The Hall–Kier alpha value is -0.710. The van der Waals surface area contributed by atoms with Crippen molar-refractivity contribution in [3.63, 3.8) is 0 Å². The van der Waals surface area contributed by atoms with Crippen molar-refractivity contribution in [2.75, 3.05) is 6.54 Å². The molecule has 2 aromatic rings. The van der Waals surface area contributed by atoms with Gasteiger partial charge in [0.2, 0.25) is 0 Å². The predicted octanol–water partition coefficient (Wildman–Crippen LogP) is 4.12. The number of nitrogens with two attached hydrogens (primary N) is 1. The summed E-state index contributed by atoms with van der Waals surface area (Å²) in [6, 6.07) is 8.17. The highest BCUT2D eigenvalue weighted by atomic mass is 79.9. The van der Waals surface area contributed by atoms with Gasteiger partial charge in [-0.05, 0) is 13.0 Å². The highest BCUT2D eigenvalue weighted by Crippen LogP contribution is 2.36. The molecule has 1 aromatic carbocycles. The van der Waals surface area contributed by atoms with Crippen LogP contribution in [-0.4, -0.2) is 11.5 Å². The number of thiazole rings is 1. The lowest BCUT2D eigenvalue weighted by atomic mass is 9.89. The first-order chi connectivity index (χ1) is 8.45. The maximum absolute atomic E-state index is 5.84. The largest absolute Gasteiger partial charge is 0.330 e. The van der Waals surface area contributed by atoms with Crippen LogP contribution in [-0.2, 0) is 5.41 Å². The van der Waals surface area contributed by atoms with Crippen LogP contribution in [0.15, 0.2) is 28.7 Å². The summed E-state index contributed by atoms with van der Waals surface area (Å²) in [6.07, 6.45) is 0. The SMILES string of the molecule is Cc1sc(-c2ccccc2Br)nc1C(C)(C)CN. The van der Waals surface area contributed by atoms with Gasteiger partial charge >= 0.3 is 0 Å². The van der Waals surface area contributed by atoms with Gasteiger partial charge in [0.25, 0.3) is 0 Å². The van der Waals surface area contributed by atoms with E-state index in [0.29, 0.717) is 6.54 Å². The fourth-order valence-corrected chi connectivity index (χ4v) is 3.61. The number of hydrogen-bond acceptors (Lipinski definition) is 3. The molecule has 0 unspecified atom stereocenters. The van der Waals surface area contributed by atoms with Crippen LogP contribution in [0.4, 0.5) is 0 Å². The number of aryl methyl sites for hydroxylation is 1. The van der Waals surface area contributed by atoms with Crippen molar-refractivity contribution in [2.24, 2.45) is 5.73 Å². The van der Waals surface area contributed by atoms with E-state index in [2.05, 4.69) is 42.8 Å². The Kier molecular flexibility index (Phi) is 3.90. The molecule has 96 valence electrons. The summed E-state index contributed by atoms with van der Waals surface area (Å²) in [5.41, 5.74) is 8.03. The zero-order valence-corrected chi connectivity index (χ0v) is 13.2. The smallest absolute Gasteiger partial charge is 0.125 e. The Morgan fingerprint density at radius 2 is 2.00 bits per heavy atom. The molecule has 0 aliphatic rings. The van der Waals surface area contributed by atoms with Gasteiger partial charge in [0.05, 0.1) is 5.69 Å². The molecule has 0 aliphatic heterocycles. The standard InChI is InChI=1S/C14H17BrN2S/c1-9-12(14(2,3)8-16)17-13(18-9)10-6-4-5-7-11(10)15/h4-7H,8,16H2,1-3H3. The molecule has 2 N–H and O–H groups in total. The minimum atomic E-state index is -0.0694. The second kappa shape index (κ2) is 5.11. The van der Waals surface area contributed by atoms with Crippen molar-refractivity contribution in [3.05, 3.63) is 39.3 Å². The van der Waals surface area contributed by atoms with Crippen LogP contribution >= 0.6 is 27.3 Å². The zero-order valence-electron chi connectivity index (χ0n) is 10.8. The summed E-state index contributed by atoms with van der Waals surface area (Å²) >= 11 is 5.30. The van der Waals surface area contributed by atoms with E-state index in [1.165, 1.54) is 4.88 Å². The Balaban J connectivity index is 2.51. The molecular formula is C14H17BrN2S. The second-order valence-corrected chi connectivity index (χ2v) is 7.05. The molecule has 0 radical (unpaired) electrons. The topological polar surface area (TPSA) is 38.9 Å². The molecule has 2 rings (SSSR count). The molecule has 0 spiro atoms. The van der Waals surface area contributed by atoms with E-state index in [-0.39, 0.29) is 5.41 Å². The summed E-state index contributed by atoms with van der Waals surface area (Å²) in [6.45, 7) is 7.00. The van der Waals surface area contributed by atoms with Gasteiger partial charge in [0, 0.05) is 26.9 Å². The average Bonchev–Trinajstić information content (AvgIpc) is 2.72. The van der Waals surface area contributed by atoms with E-state index < -0.39 is 0 Å². The lowest BCUT2D eigenvalue weighted by Gasteiger charge is -2.20. The molecule has 0 saturated carbocycles. The molecule has 0 atom stereocenters. The third kappa shape index (κ3) is 2.51. The summed E-state index contributed by atoms with van der Waals surface area (Å²) < 4.78 is 1.08. The lowest BCUT2D eigenvalue weighted by molar-refractivity contribution is 0.522. The van der Waals surface area contributed by atoms with Crippen LogP contribution < -0.4 is 5.73 Å². The molecule has 0 saturated heterocycles. The van der Waals surface area contributed by atoms with Crippen LogP contribution in [0, 0.1) is 6.92 Å². The molecule has 0 bridgehead atoms. The predicted molar refractivity (Wildman–Crippen MR) is 82.1 cm³/mol. The Labute approximate surface area is 120 Å². The van der Waals surface area contributed by atoms with Gasteiger partial charge in [-0.3, -0.25) is 0 Å². The highest BCUT2D eigenvalue weighted by molar-refractivity contribution is 9.10. The third-order valence-electron chi connectivity index (χ3n) is 3.05. The number of aromatic nitrogens is 1. The Bertz CT molecular complexity index is 561. The Morgan fingerprint density at radius 3 is 2.61 bits per heavy atom. The van der Waals surface area contributed by atoms with Crippen LogP contribution in [0.3, 0.4) is 0 Å². The summed E-state index contributed by atoms with van der Waals surface area (Å²) in [5, 5.41) is 1.05. The molecule has 1 heterocycles. The van der Waals surface area contributed by atoms with Crippen LogP contribution in [0.1, 0.15) is 24.4 Å². The second-order valence-electron chi connectivity index (χ2n) is 4.99. The summed E-state index contributed by atoms with van der Waals surface area (Å²) in [7, 11) is 0. The molecule has 18 heavy (non-hydrogen) atoms. The van der Waals surface area contributed by atoms with E-state index in [4.69, 9.17) is 10.7 Å². The summed E-state index contributed by atoms with van der Waals surface area (Å²) in [5.74, 6) is 0. The fourth-order valence-electron chi connectivity index (χ4n) is 1.87. The fraction of sp³-hybridized carbons (Fsp3) is 0.357. The van der Waals surface area contributed by atoms with Gasteiger partial charge in [-0.1, -0.05) is 48.0 Å². The monoisotopic (exact) mass is 324 g/mol. The molecule has 0 aliphatic carbocycles. The maximum atomic E-state index is 5.84. The summed E-state index contributed by atoms with van der Waals surface area (Å²) in [4.78, 5) is 6.04. The average molecular weight is 325 g/mol. The molecule has 0 amide bonds. The van der Waals surface area contributed by atoms with E-state index in [1.807, 2.05) is 18.2 Å². The molecule has 1 aromatic heterocycles. The van der Waals surface area contributed by atoms with Gasteiger partial charge in [-0.2, -0.15) is 0 Å². The van der Waals surface area contributed by atoms with E-state index in [9.17, 15) is 0 Å². The third-order valence-corrected chi connectivity index (χ3v) is 4.75. The van der Waals surface area contributed by atoms with Gasteiger partial charge < -0.3 is 5.73 Å². The minimum absolute atomic E-state index is 0.0694. The molecule has 4 heteroatoms. The van der Waals surface area contributed by atoms with Crippen LogP contribution in [0.2, 0.25) is 0 Å². The van der Waals surface area contributed by atoms with Crippen molar-refractivity contribution < 1.29 is 0 Å². The normalized spacial score (nSPS) is 11.8. The first-order valence-corrected chi connectivity index (χ1v) is 7.49. The van der Waals surface area contributed by atoms with Crippen molar-refractivity contribution in [2.45, 2.75) is 26.2 Å². The number of rotatable bonds is 3. The van der Waals surface area contributed by atoms with Gasteiger partial charge in [-0.15, -0.1) is 11.3 Å². The zero-order chi connectivity index (χ0) is 13.3. The number of benzene rings is 1. The molecule has 0 fully saturated rings. The first-order valence-electron chi connectivity index (χ1n) is 5.88. The number of nitrogens with zero attached hydrogens (tertiary/aromatic N) is 1. The lowest BCUT2D eigenvalue weighted by Crippen LogP contribution is -2.29. The van der Waals surface area contributed by atoms with Gasteiger partial charge in [0.1, 0.15) is 5.01 Å². The quantitative estimate of drug-likeness (QED) is 0.922. The van der Waals surface area contributed by atoms with Crippen LogP contribution in [0.25, 0.3) is 10.6 Å². The van der Waals surface area contributed by atoms with Crippen molar-refractivity contribution in [1.82, 2.24) is 4.98 Å². The van der Waals surface area contributed by atoms with Crippen LogP contribution in [0.5, 0.6) is 0 Å². The maximum Gasteiger partial charge on any atom is 0.125 e. The van der Waals surface area contributed by atoms with Crippen molar-refractivity contribution in [1.29, 1.82) is 0 Å². The van der Waals surface area contributed by atoms with Crippen molar-refractivity contribution in [3.8, 4) is 10.6 Å². The van der Waals surface area contributed by atoms with Gasteiger partial charge in [-0.25, -0.2) is 4.98 Å². The highest BCUT2D eigenvalue weighted by Gasteiger charge is 2.25. The minimum Gasteiger partial charge on any atom is -0.330 e. The van der Waals surface area contributed by atoms with Crippen molar-refractivity contribution >= 4 is 27.3 Å². The van der Waals surface area contributed by atoms with E-state index in [1.54, 1.807) is 11.3 Å².